The second-order valence-corrected chi connectivity index (χ2v) is 11.8. The van der Waals surface area contributed by atoms with Crippen molar-refractivity contribution in [2.75, 3.05) is 31.3 Å². The molecule has 3 rings (SSSR count). The number of carbonyl (C=O) groups excluding carboxylic acids is 2. The first-order chi connectivity index (χ1) is 18.0. The van der Waals surface area contributed by atoms with Crippen LogP contribution < -0.4 is 19.1 Å². The highest BCUT2D eigenvalue weighted by molar-refractivity contribution is 7.92. The number of nitrogens with one attached hydrogen (secondary N) is 1. The third-order valence-electron chi connectivity index (χ3n) is 6.75. The van der Waals surface area contributed by atoms with Crippen LogP contribution in [0.2, 0.25) is 5.02 Å². The van der Waals surface area contributed by atoms with Gasteiger partial charge in [0.2, 0.25) is 21.8 Å². The molecule has 0 heterocycles. The van der Waals surface area contributed by atoms with Crippen molar-refractivity contribution < 1.29 is 27.5 Å². The van der Waals surface area contributed by atoms with Crippen LogP contribution in [0, 0.1) is 0 Å². The molecule has 0 aliphatic heterocycles. The van der Waals surface area contributed by atoms with Crippen molar-refractivity contribution in [2.45, 2.75) is 57.7 Å². The fraction of sp³-hybridized carbons (Fsp3) is 0.481. The van der Waals surface area contributed by atoms with E-state index in [9.17, 15) is 18.0 Å². The van der Waals surface area contributed by atoms with Crippen molar-refractivity contribution in [3.8, 4) is 11.5 Å². The van der Waals surface area contributed by atoms with Crippen LogP contribution in [0.5, 0.6) is 11.5 Å². The molecule has 1 fully saturated rings. The van der Waals surface area contributed by atoms with Crippen molar-refractivity contribution in [1.82, 2.24) is 10.2 Å². The van der Waals surface area contributed by atoms with Gasteiger partial charge in [-0.25, -0.2) is 8.42 Å². The third-order valence-corrected chi connectivity index (χ3v) is 8.25. The van der Waals surface area contributed by atoms with E-state index >= 15 is 0 Å². The summed E-state index contributed by atoms with van der Waals surface area (Å²) >= 11 is 6.38. The summed E-state index contributed by atoms with van der Waals surface area (Å²) in [5.74, 6) is -0.200. The highest BCUT2D eigenvalue weighted by Crippen LogP contribution is 2.34. The van der Waals surface area contributed by atoms with Gasteiger partial charge >= 0.3 is 0 Å². The fourth-order valence-electron chi connectivity index (χ4n) is 4.55. The molecule has 208 valence electrons. The second kappa shape index (κ2) is 13.2. The number of carbonyl (C=O) groups is 2. The van der Waals surface area contributed by atoms with Gasteiger partial charge in [-0.1, -0.05) is 49.1 Å². The molecule has 1 N–H and O–H groups in total. The lowest BCUT2D eigenvalue weighted by molar-refractivity contribution is -0.139. The Morgan fingerprint density at radius 2 is 1.76 bits per heavy atom. The Hall–Kier alpha value is -2.98. The maximum Gasteiger partial charge on any atom is 0.244 e. The lowest BCUT2D eigenvalue weighted by Gasteiger charge is -2.33. The van der Waals surface area contributed by atoms with Gasteiger partial charge in [-0.2, -0.15) is 0 Å². The summed E-state index contributed by atoms with van der Waals surface area (Å²) in [5.41, 5.74) is 0.796. The van der Waals surface area contributed by atoms with Gasteiger partial charge in [0.05, 0.1) is 26.2 Å². The van der Waals surface area contributed by atoms with E-state index in [2.05, 4.69) is 5.32 Å². The summed E-state index contributed by atoms with van der Waals surface area (Å²) in [5, 5.41) is 3.51. The first kappa shape index (κ1) is 29.6. The van der Waals surface area contributed by atoms with Gasteiger partial charge in [-0.05, 0) is 43.5 Å². The Morgan fingerprint density at radius 1 is 1.08 bits per heavy atom. The van der Waals surface area contributed by atoms with Gasteiger partial charge in [0, 0.05) is 23.7 Å². The molecule has 1 aliphatic rings. The van der Waals surface area contributed by atoms with Crippen LogP contribution in [-0.2, 0) is 26.2 Å². The maximum absolute atomic E-state index is 13.8. The normalized spacial score (nSPS) is 14.9. The van der Waals surface area contributed by atoms with Gasteiger partial charge in [0.25, 0.3) is 0 Å². The summed E-state index contributed by atoms with van der Waals surface area (Å²) in [6, 6.07) is 10.9. The van der Waals surface area contributed by atoms with E-state index in [1.807, 2.05) is 0 Å². The molecule has 1 aliphatic carbocycles. The van der Waals surface area contributed by atoms with E-state index in [4.69, 9.17) is 21.1 Å². The Labute approximate surface area is 230 Å². The summed E-state index contributed by atoms with van der Waals surface area (Å²) in [7, 11) is -1.06. The Bertz CT molecular complexity index is 1230. The summed E-state index contributed by atoms with van der Waals surface area (Å²) in [6.07, 6.45) is 6.05. The zero-order valence-corrected chi connectivity index (χ0v) is 23.8. The van der Waals surface area contributed by atoms with Crippen LogP contribution in [0.4, 0.5) is 5.69 Å². The number of benzene rings is 2. The number of nitrogens with zero attached hydrogens (tertiary/aromatic N) is 2. The quantitative estimate of drug-likeness (QED) is 0.442. The van der Waals surface area contributed by atoms with Crippen LogP contribution in [0.15, 0.2) is 42.5 Å². The minimum atomic E-state index is -3.93. The number of anilines is 1. The second-order valence-electron chi connectivity index (χ2n) is 9.44. The summed E-state index contributed by atoms with van der Waals surface area (Å²) in [6.45, 7) is 1.13. The number of methoxy groups -OCH3 is 2. The van der Waals surface area contributed by atoms with E-state index in [0.717, 1.165) is 42.7 Å². The molecule has 0 bridgehead atoms. The molecule has 9 nitrogen and oxygen atoms in total. The molecule has 1 saturated carbocycles. The molecule has 2 amide bonds. The molecule has 0 unspecified atom stereocenters. The molecule has 0 spiro atoms. The Morgan fingerprint density at radius 3 is 2.37 bits per heavy atom. The van der Waals surface area contributed by atoms with Crippen molar-refractivity contribution in [2.24, 2.45) is 0 Å². The van der Waals surface area contributed by atoms with Gasteiger partial charge in [0.15, 0.2) is 0 Å². The highest BCUT2D eigenvalue weighted by atomic mass is 35.5. The molecule has 1 atom stereocenters. The zero-order chi connectivity index (χ0) is 27.9. The summed E-state index contributed by atoms with van der Waals surface area (Å²) < 4.78 is 37.4. The average molecular weight is 566 g/mol. The largest absolute Gasteiger partial charge is 0.497 e. The molecule has 11 heteroatoms. The molecule has 0 radical (unpaired) electrons. The van der Waals surface area contributed by atoms with Crippen LogP contribution in [0.1, 0.15) is 44.6 Å². The van der Waals surface area contributed by atoms with Gasteiger partial charge in [-0.15, -0.1) is 0 Å². The highest BCUT2D eigenvalue weighted by Gasteiger charge is 2.32. The van der Waals surface area contributed by atoms with Gasteiger partial charge in [-0.3, -0.25) is 13.9 Å². The van der Waals surface area contributed by atoms with Crippen LogP contribution >= 0.6 is 11.6 Å². The number of ether oxygens (including phenoxy) is 2. The molecule has 38 heavy (non-hydrogen) atoms. The van der Waals surface area contributed by atoms with Crippen LogP contribution in [0.3, 0.4) is 0 Å². The zero-order valence-electron chi connectivity index (χ0n) is 22.3. The predicted octanol–water partition coefficient (Wildman–Crippen LogP) is 3.99. The topological polar surface area (TPSA) is 105 Å². The number of amides is 2. The minimum absolute atomic E-state index is 0.0323. The lowest BCUT2D eigenvalue weighted by atomic mass is 9.95. The number of halogens is 1. The minimum Gasteiger partial charge on any atom is -0.497 e. The van der Waals surface area contributed by atoms with Crippen molar-refractivity contribution in [3.63, 3.8) is 0 Å². The van der Waals surface area contributed by atoms with E-state index in [1.54, 1.807) is 43.3 Å². The third kappa shape index (κ3) is 7.54. The molecular weight excluding hydrogens is 530 g/mol. The maximum atomic E-state index is 13.8. The number of sulfonamides is 1. The molecule has 2 aromatic carbocycles. The van der Waals surface area contributed by atoms with Gasteiger partial charge < -0.3 is 19.7 Å². The van der Waals surface area contributed by atoms with E-state index in [-0.39, 0.29) is 29.9 Å². The van der Waals surface area contributed by atoms with Crippen molar-refractivity contribution in [1.29, 1.82) is 0 Å². The van der Waals surface area contributed by atoms with E-state index in [1.165, 1.54) is 25.2 Å². The Balaban J connectivity index is 1.94. The van der Waals surface area contributed by atoms with E-state index < -0.39 is 28.5 Å². The predicted molar refractivity (Wildman–Crippen MR) is 148 cm³/mol. The number of hydrogen-bond acceptors (Lipinski definition) is 6. The van der Waals surface area contributed by atoms with Crippen molar-refractivity contribution in [3.05, 3.63) is 53.1 Å². The average Bonchev–Trinajstić information content (AvgIpc) is 2.90. The van der Waals surface area contributed by atoms with Crippen LogP contribution in [-0.4, -0.2) is 64.2 Å². The molecule has 0 aromatic heterocycles. The first-order valence-electron chi connectivity index (χ1n) is 12.6. The molecule has 2 aromatic rings. The van der Waals surface area contributed by atoms with Gasteiger partial charge in [0.1, 0.15) is 24.1 Å². The standard InChI is InChI=1S/C27H36ClN3O6S/c1-19(27(33)29-21-11-6-5-7-12-21)30(17-20-10-8-9-13-23(20)28)26(32)18-31(38(4,34)35)24-16-22(36-2)14-15-25(24)37-3/h8-10,13-16,19,21H,5-7,11-12,17-18H2,1-4H3,(H,29,33)/t19-/m0/s1. The number of rotatable bonds is 11. The molecular formula is C27H36ClN3O6S. The number of hydrogen-bond donors (Lipinski definition) is 1. The monoisotopic (exact) mass is 565 g/mol. The van der Waals surface area contributed by atoms with E-state index in [0.29, 0.717) is 16.3 Å². The van der Waals surface area contributed by atoms with Crippen LogP contribution in [0.25, 0.3) is 0 Å². The van der Waals surface area contributed by atoms with Crippen molar-refractivity contribution >= 4 is 39.1 Å². The molecule has 0 saturated heterocycles. The fourth-order valence-corrected chi connectivity index (χ4v) is 5.59. The SMILES string of the molecule is COc1ccc(OC)c(N(CC(=O)N(Cc2ccccc2Cl)[C@@H](C)C(=O)NC2CCCCC2)S(C)(=O)=O)c1. The summed E-state index contributed by atoms with van der Waals surface area (Å²) in [4.78, 5) is 28.4. The Kier molecular flexibility index (Phi) is 10.3. The smallest absolute Gasteiger partial charge is 0.244 e. The first-order valence-corrected chi connectivity index (χ1v) is 14.8. The lowest BCUT2D eigenvalue weighted by Crippen LogP contribution is -2.53.